The van der Waals surface area contributed by atoms with Gasteiger partial charge in [-0.2, -0.15) is 0 Å². The molecular formula is C11H13NO5S. The van der Waals surface area contributed by atoms with E-state index in [1.165, 1.54) is 13.8 Å². The van der Waals surface area contributed by atoms with Crippen molar-refractivity contribution in [2.75, 3.05) is 0 Å². The zero-order valence-electron chi connectivity index (χ0n) is 10.0. The van der Waals surface area contributed by atoms with Crippen LogP contribution in [0.2, 0.25) is 0 Å². The second kappa shape index (κ2) is 4.38. The standard InChI is InChI=1S/C11H13NO5S/c1-5(13)17-7-3-4-11(18-6(2)14)8(7)9(15)12-10(11)16/h7-8H,3-4H2,1-2H3,(H,12,15,16). The van der Waals surface area contributed by atoms with E-state index in [2.05, 4.69) is 5.32 Å². The van der Waals surface area contributed by atoms with Gasteiger partial charge in [-0.1, -0.05) is 11.8 Å². The molecule has 2 aliphatic rings. The molecule has 0 spiro atoms. The topological polar surface area (TPSA) is 89.5 Å². The summed E-state index contributed by atoms with van der Waals surface area (Å²) < 4.78 is 3.98. The molecule has 6 nitrogen and oxygen atoms in total. The maximum absolute atomic E-state index is 11.9. The molecular weight excluding hydrogens is 258 g/mol. The van der Waals surface area contributed by atoms with Crippen molar-refractivity contribution < 1.29 is 23.9 Å². The summed E-state index contributed by atoms with van der Waals surface area (Å²) in [5, 5.41) is 2.00. The van der Waals surface area contributed by atoms with E-state index in [9.17, 15) is 19.2 Å². The lowest BCUT2D eigenvalue weighted by molar-refractivity contribution is -0.149. The third-order valence-corrected chi connectivity index (χ3v) is 4.52. The Balaban J connectivity index is 2.31. The molecule has 2 rings (SSSR count). The van der Waals surface area contributed by atoms with Gasteiger partial charge >= 0.3 is 5.97 Å². The first-order valence-corrected chi connectivity index (χ1v) is 6.40. The number of nitrogens with one attached hydrogen (secondary N) is 1. The first kappa shape index (κ1) is 13.1. The number of amides is 2. The van der Waals surface area contributed by atoms with Crippen molar-refractivity contribution in [1.29, 1.82) is 0 Å². The molecule has 0 aromatic heterocycles. The van der Waals surface area contributed by atoms with Crippen molar-refractivity contribution >= 4 is 34.7 Å². The van der Waals surface area contributed by atoms with Crippen LogP contribution >= 0.6 is 11.8 Å². The summed E-state index contributed by atoms with van der Waals surface area (Å²) >= 11 is 0.860. The number of hydrogen-bond acceptors (Lipinski definition) is 6. The van der Waals surface area contributed by atoms with Gasteiger partial charge in [0.1, 0.15) is 10.9 Å². The number of fused-ring (bicyclic) bond motifs is 1. The van der Waals surface area contributed by atoms with E-state index in [0.717, 1.165) is 11.8 Å². The molecule has 2 fully saturated rings. The molecule has 3 unspecified atom stereocenters. The third kappa shape index (κ3) is 1.92. The Hall–Kier alpha value is -1.37. The zero-order chi connectivity index (χ0) is 13.5. The number of carbonyl (C=O) groups is 4. The Morgan fingerprint density at radius 2 is 2.06 bits per heavy atom. The van der Waals surface area contributed by atoms with E-state index in [1.54, 1.807) is 0 Å². The quantitative estimate of drug-likeness (QED) is 0.562. The van der Waals surface area contributed by atoms with E-state index in [1.807, 2.05) is 0 Å². The van der Waals surface area contributed by atoms with Crippen LogP contribution in [0.15, 0.2) is 0 Å². The fraction of sp³-hybridized carbons (Fsp3) is 0.636. The monoisotopic (exact) mass is 271 g/mol. The van der Waals surface area contributed by atoms with Crippen LogP contribution in [0.5, 0.6) is 0 Å². The summed E-state index contributed by atoms with van der Waals surface area (Å²) in [5.74, 6) is -2.16. The lowest BCUT2D eigenvalue weighted by atomic mass is 9.96. The van der Waals surface area contributed by atoms with Gasteiger partial charge in [0, 0.05) is 13.8 Å². The van der Waals surface area contributed by atoms with Crippen LogP contribution in [-0.4, -0.2) is 33.7 Å². The molecule has 1 saturated carbocycles. The van der Waals surface area contributed by atoms with Gasteiger partial charge in [-0.25, -0.2) is 0 Å². The van der Waals surface area contributed by atoms with E-state index < -0.39 is 34.6 Å². The van der Waals surface area contributed by atoms with E-state index in [4.69, 9.17) is 4.74 Å². The minimum Gasteiger partial charge on any atom is -0.462 e. The van der Waals surface area contributed by atoms with Crippen molar-refractivity contribution in [2.45, 2.75) is 37.5 Å². The number of hydrogen-bond donors (Lipinski definition) is 1. The summed E-state index contributed by atoms with van der Waals surface area (Å²) in [5.41, 5.74) is 0. The van der Waals surface area contributed by atoms with E-state index in [0.29, 0.717) is 12.8 Å². The van der Waals surface area contributed by atoms with Gasteiger partial charge < -0.3 is 4.74 Å². The number of rotatable bonds is 2. The van der Waals surface area contributed by atoms with Crippen LogP contribution in [0.4, 0.5) is 0 Å². The SMILES string of the molecule is CC(=O)OC1CCC2(SC(C)=O)C(=O)NC(=O)C12. The van der Waals surface area contributed by atoms with Crippen molar-refractivity contribution in [3.8, 4) is 0 Å². The fourth-order valence-electron chi connectivity index (χ4n) is 2.67. The van der Waals surface area contributed by atoms with Crippen LogP contribution in [0.3, 0.4) is 0 Å². The van der Waals surface area contributed by atoms with Crippen LogP contribution in [0, 0.1) is 5.92 Å². The largest absolute Gasteiger partial charge is 0.462 e. The minimum absolute atomic E-state index is 0.228. The number of thioether (sulfide) groups is 1. The lowest BCUT2D eigenvalue weighted by Crippen LogP contribution is -2.39. The van der Waals surface area contributed by atoms with Gasteiger partial charge in [0.05, 0.1) is 5.92 Å². The van der Waals surface area contributed by atoms with Gasteiger partial charge in [0.25, 0.3) is 0 Å². The first-order chi connectivity index (χ1) is 8.36. The molecule has 3 atom stereocenters. The highest BCUT2D eigenvalue weighted by atomic mass is 32.2. The summed E-state index contributed by atoms with van der Waals surface area (Å²) in [6, 6.07) is 0. The Labute approximate surface area is 108 Å². The number of ether oxygens (including phenoxy) is 1. The summed E-state index contributed by atoms with van der Waals surface area (Å²) in [4.78, 5) is 46.0. The second-order valence-corrected chi connectivity index (χ2v) is 5.97. The average molecular weight is 271 g/mol. The molecule has 7 heteroatoms. The Bertz CT molecular complexity index is 449. The van der Waals surface area contributed by atoms with Crippen LogP contribution < -0.4 is 5.32 Å². The molecule has 1 aliphatic carbocycles. The van der Waals surface area contributed by atoms with Crippen molar-refractivity contribution in [3.63, 3.8) is 0 Å². The summed E-state index contributed by atoms with van der Waals surface area (Å²) in [6.45, 7) is 2.61. The summed E-state index contributed by atoms with van der Waals surface area (Å²) in [6.07, 6.45) is 0.155. The van der Waals surface area contributed by atoms with Crippen LogP contribution in [-0.2, 0) is 23.9 Å². The molecule has 18 heavy (non-hydrogen) atoms. The Kier molecular flexibility index (Phi) is 3.18. The van der Waals surface area contributed by atoms with Crippen molar-refractivity contribution in [1.82, 2.24) is 5.32 Å². The maximum Gasteiger partial charge on any atom is 0.302 e. The Morgan fingerprint density at radius 3 is 2.61 bits per heavy atom. The minimum atomic E-state index is -1.09. The van der Waals surface area contributed by atoms with Gasteiger partial charge in [-0.15, -0.1) is 0 Å². The highest BCUT2D eigenvalue weighted by Gasteiger charge is 2.64. The molecule has 0 bridgehead atoms. The first-order valence-electron chi connectivity index (χ1n) is 5.59. The van der Waals surface area contributed by atoms with Crippen LogP contribution in [0.1, 0.15) is 26.7 Å². The molecule has 1 heterocycles. The van der Waals surface area contributed by atoms with Crippen molar-refractivity contribution in [3.05, 3.63) is 0 Å². The van der Waals surface area contributed by atoms with Crippen LogP contribution in [0.25, 0.3) is 0 Å². The van der Waals surface area contributed by atoms with Gasteiger partial charge in [-0.3, -0.25) is 24.5 Å². The maximum atomic E-state index is 11.9. The predicted molar refractivity (Wildman–Crippen MR) is 62.4 cm³/mol. The highest BCUT2D eigenvalue weighted by molar-refractivity contribution is 8.15. The molecule has 2 amide bonds. The zero-order valence-corrected chi connectivity index (χ0v) is 10.8. The van der Waals surface area contributed by atoms with E-state index in [-0.39, 0.29) is 5.12 Å². The van der Waals surface area contributed by atoms with Gasteiger partial charge in [0.2, 0.25) is 11.8 Å². The molecule has 98 valence electrons. The Morgan fingerprint density at radius 1 is 1.39 bits per heavy atom. The molecule has 0 aromatic rings. The molecule has 1 aliphatic heterocycles. The number of carbonyl (C=O) groups excluding carboxylic acids is 4. The molecule has 1 saturated heterocycles. The van der Waals surface area contributed by atoms with Crippen molar-refractivity contribution in [2.24, 2.45) is 5.92 Å². The fourth-order valence-corrected chi connectivity index (χ4v) is 3.93. The molecule has 0 aromatic carbocycles. The van der Waals surface area contributed by atoms with E-state index >= 15 is 0 Å². The van der Waals surface area contributed by atoms with Gasteiger partial charge in [0.15, 0.2) is 5.12 Å². The van der Waals surface area contributed by atoms with Gasteiger partial charge in [-0.05, 0) is 12.8 Å². The smallest absolute Gasteiger partial charge is 0.302 e. The second-order valence-electron chi connectivity index (χ2n) is 4.47. The number of esters is 1. The lowest BCUT2D eigenvalue weighted by Gasteiger charge is -2.23. The number of imide groups is 1. The predicted octanol–water partition coefficient (Wildman–Crippen LogP) is 0.00300. The molecule has 1 N–H and O–H groups in total. The summed E-state index contributed by atoms with van der Waals surface area (Å²) in [7, 11) is 0. The normalized spacial score (nSPS) is 34.1. The molecule has 0 radical (unpaired) electrons. The average Bonchev–Trinajstić information content (AvgIpc) is 2.66. The highest BCUT2D eigenvalue weighted by Crippen LogP contribution is 2.50. The third-order valence-electron chi connectivity index (χ3n) is 3.22.